The van der Waals surface area contributed by atoms with E-state index in [4.69, 9.17) is 14.4 Å². The van der Waals surface area contributed by atoms with Gasteiger partial charge in [-0.2, -0.15) is 4.98 Å². The Morgan fingerprint density at radius 3 is 2.60 bits per heavy atom. The minimum atomic E-state index is -0.808. The Morgan fingerprint density at radius 1 is 1.09 bits per heavy atom. The lowest BCUT2D eigenvalue weighted by Gasteiger charge is -2.12. The lowest BCUT2D eigenvalue weighted by molar-refractivity contribution is -0.137. The zero-order valence-electron chi connectivity index (χ0n) is 19.5. The van der Waals surface area contributed by atoms with Crippen molar-refractivity contribution in [1.82, 2.24) is 15.1 Å². The molecule has 2 N–H and O–H groups in total. The van der Waals surface area contributed by atoms with E-state index in [2.05, 4.69) is 45.6 Å². The minimum Gasteiger partial charge on any atom is -0.481 e. The van der Waals surface area contributed by atoms with Gasteiger partial charge >= 0.3 is 5.97 Å². The van der Waals surface area contributed by atoms with Gasteiger partial charge in [-0.05, 0) is 59.9 Å². The Labute approximate surface area is 209 Å². The van der Waals surface area contributed by atoms with Crippen LogP contribution >= 0.6 is 12.4 Å². The SMILES string of the molecule is COCc1cc(-c2nc(-c3ccc(NCCCC(=O)O)nc3)no2)ccc1-c1ccccc1C.Cl. The molecule has 2 aromatic carbocycles. The summed E-state index contributed by atoms with van der Waals surface area (Å²) in [6.45, 7) is 3.09. The Morgan fingerprint density at radius 2 is 1.89 bits per heavy atom. The molecule has 35 heavy (non-hydrogen) atoms. The van der Waals surface area contributed by atoms with E-state index in [1.54, 1.807) is 19.4 Å². The number of pyridine rings is 1. The maximum Gasteiger partial charge on any atom is 0.303 e. The zero-order chi connectivity index (χ0) is 23.9. The maximum absolute atomic E-state index is 10.6. The second-order valence-electron chi connectivity index (χ2n) is 7.90. The van der Waals surface area contributed by atoms with Crippen LogP contribution in [0.3, 0.4) is 0 Å². The highest BCUT2D eigenvalue weighted by atomic mass is 35.5. The molecule has 4 rings (SSSR count). The lowest BCUT2D eigenvalue weighted by atomic mass is 9.94. The molecule has 182 valence electrons. The Kier molecular flexibility index (Phi) is 8.94. The van der Waals surface area contributed by atoms with E-state index in [0.29, 0.717) is 37.1 Å². The van der Waals surface area contributed by atoms with Crippen LogP contribution in [0.15, 0.2) is 65.3 Å². The standard InChI is InChI=1S/C26H26N4O4.ClH/c1-17-6-3-4-7-21(17)22-11-9-18(14-20(22)16-33-2)26-29-25(30-34-26)19-10-12-23(28-15-19)27-13-5-8-24(31)32;/h3-4,6-7,9-12,14-15H,5,8,13,16H2,1-2H3,(H,27,28)(H,31,32);1H. The summed E-state index contributed by atoms with van der Waals surface area (Å²) in [7, 11) is 1.68. The fraction of sp³-hybridized carbons (Fsp3) is 0.231. The number of aryl methyl sites for hydroxylation is 1. The number of aromatic nitrogens is 3. The number of rotatable bonds is 10. The number of carboxylic acids is 1. The van der Waals surface area contributed by atoms with Crippen molar-refractivity contribution in [1.29, 1.82) is 0 Å². The molecule has 0 aliphatic heterocycles. The van der Waals surface area contributed by atoms with E-state index in [1.807, 2.05) is 30.3 Å². The van der Waals surface area contributed by atoms with Crippen molar-refractivity contribution in [3.8, 4) is 34.0 Å². The van der Waals surface area contributed by atoms with Crippen LogP contribution < -0.4 is 5.32 Å². The largest absolute Gasteiger partial charge is 0.481 e. The highest BCUT2D eigenvalue weighted by Crippen LogP contribution is 2.31. The van der Waals surface area contributed by atoms with Gasteiger partial charge in [-0.1, -0.05) is 35.5 Å². The van der Waals surface area contributed by atoms with Gasteiger partial charge < -0.3 is 19.7 Å². The summed E-state index contributed by atoms with van der Waals surface area (Å²) < 4.78 is 11.0. The van der Waals surface area contributed by atoms with Crippen LogP contribution in [-0.4, -0.2) is 39.9 Å². The van der Waals surface area contributed by atoms with Gasteiger partial charge in [0, 0.05) is 37.4 Å². The van der Waals surface area contributed by atoms with E-state index in [0.717, 1.165) is 27.8 Å². The van der Waals surface area contributed by atoms with E-state index in [-0.39, 0.29) is 18.8 Å². The molecular formula is C26H27ClN4O4. The molecule has 0 unspecified atom stereocenters. The fourth-order valence-corrected chi connectivity index (χ4v) is 3.68. The number of benzene rings is 2. The number of hydrogen-bond acceptors (Lipinski definition) is 7. The number of nitrogens with one attached hydrogen (secondary N) is 1. The number of anilines is 1. The second kappa shape index (κ2) is 12.1. The number of halogens is 1. The normalized spacial score (nSPS) is 10.6. The van der Waals surface area contributed by atoms with Gasteiger partial charge in [-0.25, -0.2) is 4.98 Å². The number of methoxy groups -OCH3 is 1. The fourth-order valence-electron chi connectivity index (χ4n) is 3.68. The molecule has 0 fully saturated rings. The van der Waals surface area contributed by atoms with Gasteiger partial charge in [0.25, 0.3) is 5.89 Å². The first-order valence-electron chi connectivity index (χ1n) is 11.0. The van der Waals surface area contributed by atoms with Crippen LogP contribution in [-0.2, 0) is 16.1 Å². The molecule has 0 atom stereocenters. The number of aliphatic carboxylic acids is 1. The summed E-state index contributed by atoms with van der Waals surface area (Å²) in [5.41, 5.74) is 6.04. The summed E-state index contributed by atoms with van der Waals surface area (Å²) in [5.74, 6) is 0.710. The van der Waals surface area contributed by atoms with Crippen molar-refractivity contribution in [3.05, 3.63) is 71.9 Å². The Bertz CT molecular complexity index is 1270. The number of carbonyl (C=O) groups is 1. The topological polar surface area (TPSA) is 110 Å². The molecule has 4 aromatic rings. The van der Waals surface area contributed by atoms with Gasteiger partial charge in [0.15, 0.2) is 0 Å². The predicted molar refractivity (Wildman–Crippen MR) is 136 cm³/mol. The predicted octanol–water partition coefficient (Wildman–Crippen LogP) is 5.62. The van der Waals surface area contributed by atoms with Crippen LogP contribution in [0.4, 0.5) is 5.82 Å². The van der Waals surface area contributed by atoms with Gasteiger partial charge in [0.1, 0.15) is 5.82 Å². The second-order valence-corrected chi connectivity index (χ2v) is 7.90. The van der Waals surface area contributed by atoms with Crippen molar-refractivity contribution in [3.63, 3.8) is 0 Å². The first-order valence-corrected chi connectivity index (χ1v) is 11.0. The molecule has 0 amide bonds. The van der Waals surface area contributed by atoms with E-state index in [1.165, 1.54) is 5.56 Å². The highest BCUT2D eigenvalue weighted by molar-refractivity contribution is 5.85. The van der Waals surface area contributed by atoms with Crippen molar-refractivity contribution < 1.29 is 19.2 Å². The first kappa shape index (κ1) is 25.9. The molecule has 0 bridgehead atoms. The molecule has 0 spiro atoms. The monoisotopic (exact) mass is 494 g/mol. The summed E-state index contributed by atoms with van der Waals surface area (Å²) >= 11 is 0. The van der Waals surface area contributed by atoms with Crippen LogP contribution in [0.1, 0.15) is 24.0 Å². The Balaban J connectivity index is 0.00000342. The molecule has 0 radical (unpaired) electrons. The van der Waals surface area contributed by atoms with Crippen LogP contribution in [0.25, 0.3) is 34.0 Å². The number of hydrogen-bond donors (Lipinski definition) is 2. The van der Waals surface area contributed by atoms with Crippen molar-refractivity contribution in [2.24, 2.45) is 0 Å². The molecule has 0 aliphatic carbocycles. The maximum atomic E-state index is 10.6. The number of ether oxygens (including phenoxy) is 1. The van der Waals surface area contributed by atoms with Gasteiger partial charge in [0.2, 0.25) is 5.82 Å². The van der Waals surface area contributed by atoms with Gasteiger partial charge in [0.05, 0.1) is 6.61 Å². The molecule has 2 aromatic heterocycles. The summed E-state index contributed by atoms with van der Waals surface area (Å²) in [4.78, 5) is 19.5. The molecule has 2 heterocycles. The van der Waals surface area contributed by atoms with Crippen molar-refractivity contribution in [2.45, 2.75) is 26.4 Å². The first-order chi connectivity index (χ1) is 16.5. The molecule has 0 aliphatic rings. The quantitative estimate of drug-likeness (QED) is 0.273. The molecule has 8 nitrogen and oxygen atoms in total. The lowest BCUT2D eigenvalue weighted by Crippen LogP contribution is -2.05. The van der Waals surface area contributed by atoms with Crippen LogP contribution in [0.5, 0.6) is 0 Å². The number of carboxylic acid groups (broad SMARTS) is 1. The van der Waals surface area contributed by atoms with Gasteiger partial charge in [-0.15, -0.1) is 12.4 Å². The third-order valence-electron chi connectivity index (χ3n) is 5.41. The molecule has 9 heteroatoms. The highest BCUT2D eigenvalue weighted by Gasteiger charge is 2.15. The van der Waals surface area contributed by atoms with Gasteiger partial charge in [-0.3, -0.25) is 4.79 Å². The average molecular weight is 495 g/mol. The molecule has 0 saturated heterocycles. The molecular weight excluding hydrogens is 468 g/mol. The van der Waals surface area contributed by atoms with E-state index in [9.17, 15) is 4.79 Å². The summed E-state index contributed by atoms with van der Waals surface area (Å²) in [6.07, 6.45) is 2.31. The summed E-state index contributed by atoms with van der Waals surface area (Å²) in [6, 6.07) is 18.0. The van der Waals surface area contributed by atoms with E-state index >= 15 is 0 Å². The average Bonchev–Trinajstić information content (AvgIpc) is 3.33. The van der Waals surface area contributed by atoms with Crippen LogP contribution in [0.2, 0.25) is 0 Å². The summed E-state index contributed by atoms with van der Waals surface area (Å²) in [5, 5.41) is 15.9. The Hall–Kier alpha value is -3.75. The van der Waals surface area contributed by atoms with Crippen LogP contribution in [0, 0.1) is 6.92 Å². The van der Waals surface area contributed by atoms with E-state index < -0.39 is 5.97 Å². The third kappa shape index (κ3) is 6.44. The van der Waals surface area contributed by atoms with Crippen molar-refractivity contribution >= 4 is 24.2 Å². The third-order valence-corrected chi connectivity index (χ3v) is 5.41. The van der Waals surface area contributed by atoms with Crippen molar-refractivity contribution in [2.75, 3.05) is 19.0 Å². The minimum absolute atomic E-state index is 0. The number of nitrogens with zero attached hydrogens (tertiary/aromatic N) is 3. The zero-order valence-corrected chi connectivity index (χ0v) is 20.3. The smallest absolute Gasteiger partial charge is 0.303 e. The molecule has 0 saturated carbocycles.